The van der Waals surface area contributed by atoms with Gasteiger partial charge >= 0.3 is 5.00 Å². The molecule has 0 amide bonds. The second kappa shape index (κ2) is 6.98. The number of rotatable bonds is 7. The first-order valence-electron chi connectivity index (χ1n) is 6.81. The molecule has 5 nitrogen and oxygen atoms in total. The molecule has 1 aliphatic carbocycles. The van der Waals surface area contributed by atoms with Gasteiger partial charge in [0.1, 0.15) is 0 Å². The summed E-state index contributed by atoms with van der Waals surface area (Å²) in [5.74, 6) is 0. The number of hydrogen-bond acceptors (Lipinski definition) is 5. The molecule has 0 bridgehead atoms. The van der Waals surface area contributed by atoms with Gasteiger partial charge in [-0.3, -0.25) is 10.1 Å². The number of nitro groups is 1. The van der Waals surface area contributed by atoms with Crippen LogP contribution in [0.2, 0.25) is 0 Å². The van der Waals surface area contributed by atoms with Crippen LogP contribution < -0.4 is 5.32 Å². The largest absolute Gasteiger partial charge is 0.324 e. The van der Waals surface area contributed by atoms with E-state index in [1.165, 1.54) is 37.0 Å². The summed E-state index contributed by atoms with van der Waals surface area (Å²) in [5.41, 5.74) is 0. The lowest BCUT2D eigenvalue weighted by atomic mass is 10.2. The summed E-state index contributed by atoms with van der Waals surface area (Å²) in [6.07, 6.45) is 5.38. The first-order chi connectivity index (χ1) is 9.16. The highest BCUT2D eigenvalue weighted by Crippen LogP contribution is 2.24. The highest BCUT2D eigenvalue weighted by atomic mass is 32.1. The summed E-state index contributed by atoms with van der Waals surface area (Å²) >= 11 is 1.25. The molecule has 0 unspecified atom stereocenters. The van der Waals surface area contributed by atoms with Crippen LogP contribution in [0.4, 0.5) is 5.00 Å². The van der Waals surface area contributed by atoms with Gasteiger partial charge in [-0.15, -0.1) is 0 Å². The summed E-state index contributed by atoms with van der Waals surface area (Å²) in [4.78, 5) is 13.7. The fourth-order valence-electron chi connectivity index (χ4n) is 2.55. The number of nitrogens with zero attached hydrogens (tertiary/aromatic N) is 2. The summed E-state index contributed by atoms with van der Waals surface area (Å²) in [6, 6.07) is 4.16. The van der Waals surface area contributed by atoms with Gasteiger partial charge in [-0.2, -0.15) is 0 Å². The van der Waals surface area contributed by atoms with E-state index >= 15 is 0 Å². The van der Waals surface area contributed by atoms with Gasteiger partial charge in [0.25, 0.3) is 0 Å². The van der Waals surface area contributed by atoms with E-state index < -0.39 is 0 Å². The Morgan fingerprint density at radius 2 is 2.21 bits per heavy atom. The molecule has 1 saturated carbocycles. The molecule has 1 heterocycles. The van der Waals surface area contributed by atoms with E-state index in [0.29, 0.717) is 0 Å². The predicted molar refractivity (Wildman–Crippen MR) is 77.6 cm³/mol. The van der Waals surface area contributed by atoms with Crippen molar-refractivity contribution in [2.45, 2.75) is 38.3 Å². The molecular formula is C13H21N3O2S. The molecular weight excluding hydrogens is 262 g/mol. The number of hydrogen-bond donors (Lipinski definition) is 1. The fourth-order valence-corrected chi connectivity index (χ4v) is 3.34. The zero-order valence-electron chi connectivity index (χ0n) is 11.3. The molecule has 106 valence electrons. The van der Waals surface area contributed by atoms with Gasteiger partial charge in [-0.1, -0.05) is 24.2 Å². The van der Waals surface area contributed by atoms with Gasteiger partial charge in [0.2, 0.25) is 0 Å². The highest BCUT2D eigenvalue weighted by molar-refractivity contribution is 7.15. The van der Waals surface area contributed by atoms with E-state index in [2.05, 4.69) is 17.3 Å². The summed E-state index contributed by atoms with van der Waals surface area (Å²) in [7, 11) is 2.19. The summed E-state index contributed by atoms with van der Waals surface area (Å²) in [5, 5.41) is 14.1. The van der Waals surface area contributed by atoms with E-state index in [1.807, 2.05) is 6.07 Å². The van der Waals surface area contributed by atoms with Gasteiger partial charge in [-0.25, -0.2) is 0 Å². The van der Waals surface area contributed by atoms with Crippen LogP contribution in [0.5, 0.6) is 0 Å². The molecule has 0 saturated heterocycles. The van der Waals surface area contributed by atoms with Crippen LogP contribution in [0, 0.1) is 10.1 Å². The average molecular weight is 283 g/mol. The molecule has 0 radical (unpaired) electrons. The smallest absolute Gasteiger partial charge is 0.311 e. The molecule has 1 aromatic heterocycles. The summed E-state index contributed by atoms with van der Waals surface area (Å²) < 4.78 is 0. The Bertz CT molecular complexity index is 416. The van der Waals surface area contributed by atoms with Gasteiger partial charge in [0, 0.05) is 36.6 Å². The minimum atomic E-state index is -0.331. The number of likely N-dealkylation sites (N-methyl/N-ethyl adjacent to an activating group) is 1. The number of thiophene rings is 1. The molecule has 1 N–H and O–H groups in total. The Kier molecular flexibility index (Phi) is 5.30. The molecule has 2 rings (SSSR count). The van der Waals surface area contributed by atoms with Crippen LogP contribution in [-0.4, -0.2) is 36.0 Å². The van der Waals surface area contributed by atoms with Crippen LogP contribution in [0.3, 0.4) is 0 Å². The van der Waals surface area contributed by atoms with Gasteiger partial charge < -0.3 is 10.2 Å². The lowest BCUT2D eigenvalue weighted by Crippen LogP contribution is -2.35. The molecule has 0 aromatic carbocycles. The first kappa shape index (κ1) is 14.4. The maximum absolute atomic E-state index is 10.6. The lowest BCUT2D eigenvalue weighted by molar-refractivity contribution is -0.380. The van der Waals surface area contributed by atoms with Crippen molar-refractivity contribution in [3.05, 3.63) is 27.1 Å². The standard InChI is InChI=1S/C13H21N3O2S/c1-15(11-4-2-3-5-11)9-8-14-10-12-6-7-13(19-12)16(17)18/h6-7,11,14H,2-5,8-10H2,1H3. The van der Waals surface area contributed by atoms with Crippen LogP contribution in [0.1, 0.15) is 30.6 Å². The molecule has 1 aliphatic rings. The van der Waals surface area contributed by atoms with E-state index in [4.69, 9.17) is 0 Å². The van der Waals surface area contributed by atoms with Crippen LogP contribution in [0.15, 0.2) is 12.1 Å². The van der Waals surface area contributed by atoms with Crippen molar-refractivity contribution < 1.29 is 4.92 Å². The Labute approximate surface area is 117 Å². The highest BCUT2D eigenvalue weighted by Gasteiger charge is 2.18. The average Bonchev–Trinajstić information content (AvgIpc) is 3.05. The minimum absolute atomic E-state index is 0.222. The Morgan fingerprint density at radius 1 is 1.47 bits per heavy atom. The van der Waals surface area contributed by atoms with Crippen LogP contribution in [0.25, 0.3) is 0 Å². The van der Waals surface area contributed by atoms with E-state index in [9.17, 15) is 10.1 Å². The lowest BCUT2D eigenvalue weighted by Gasteiger charge is -2.23. The molecule has 1 aromatic rings. The normalized spacial score (nSPS) is 16.3. The van der Waals surface area contributed by atoms with E-state index in [1.54, 1.807) is 6.07 Å². The van der Waals surface area contributed by atoms with Gasteiger partial charge in [0.15, 0.2) is 0 Å². The quantitative estimate of drug-likeness (QED) is 0.475. The van der Waals surface area contributed by atoms with E-state index in [-0.39, 0.29) is 9.92 Å². The molecule has 0 spiro atoms. The third-order valence-electron chi connectivity index (χ3n) is 3.72. The molecule has 1 fully saturated rings. The van der Waals surface area contributed by atoms with Crippen molar-refractivity contribution in [3.63, 3.8) is 0 Å². The van der Waals surface area contributed by atoms with Crippen molar-refractivity contribution in [1.82, 2.24) is 10.2 Å². The maximum Gasteiger partial charge on any atom is 0.324 e. The van der Waals surface area contributed by atoms with Crippen LogP contribution >= 0.6 is 11.3 Å². The van der Waals surface area contributed by atoms with Crippen molar-refractivity contribution in [1.29, 1.82) is 0 Å². The molecule has 19 heavy (non-hydrogen) atoms. The molecule has 0 aliphatic heterocycles. The maximum atomic E-state index is 10.6. The van der Waals surface area contributed by atoms with Crippen molar-refractivity contribution in [2.75, 3.05) is 20.1 Å². The monoisotopic (exact) mass is 283 g/mol. The first-order valence-corrected chi connectivity index (χ1v) is 7.62. The summed E-state index contributed by atoms with van der Waals surface area (Å²) in [6.45, 7) is 2.69. The van der Waals surface area contributed by atoms with Crippen molar-refractivity contribution in [2.24, 2.45) is 0 Å². The number of nitrogens with one attached hydrogen (secondary N) is 1. The van der Waals surface area contributed by atoms with E-state index in [0.717, 1.165) is 30.6 Å². The molecule has 0 atom stereocenters. The zero-order chi connectivity index (χ0) is 13.7. The van der Waals surface area contributed by atoms with Gasteiger partial charge in [-0.05, 0) is 26.0 Å². The Hall–Kier alpha value is -0.980. The third kappa shape index (κ3) is 4.26. The SMILES string of the molecule is CN(CCNCc1ccc([N+](=O)[O-])s1)C1CCCC1. The molecule has 6 heteroatoms. The second-order valence-corrected chi connectivity index (χ2v) is 6.24. The second-order valence-electron chi connectivity index (χ2n) is 5.09. The Balaban J connectivity index is 1.64. The van der Waals surface area contributed by atoms with Crippen molar-refractivity contribution >= 4 is 16.3 Å². The Morgan fingerprint density at radius 3 is 2.84 bits per heavy atom. The topological polar surface area (TPSA) is 58.4 Å². The third-order valence-corrected chi connectivity index (χ3v) is 4.75. The predicted octanol–water partition coefficient (Wildman–Crippen LogP) is 2.62. The zero-order valence-corrected chi connectivity index (χ0v) is 12.1. The van der Waals surface area contributed by atoms with Crippen LogP contribution in [-0.2, 0) is 6.54 Å². The van der Waals surface area contributed by atoms with Gasteiger partial charge in [0.05, 0.1) is 4.92 Å². The van der Waals surface area contributed by atoms with Crippen molar-refractivity contribution in [3.8, 4) is 0 Å². The minimum Gasteiger partial charge on any atom is -0.311 e. The fraction of sp³-hybridized carbons (Fsp3) is 0.692.